The number of hydrogen-bond donors (Lipinski definition) is 2. The van der Waals surface area contributed by atoms with Crippen molar-refractivity contribution in [2.75, 3.05) is 13.7 Å². The Bertz CT molecular complexity index is 577. The van der Waals surface area contributed by atoms with Crippen molar-refractivity contribution in [3.05, 3.63) is 23.8 Å². The Labute approximate surface area is 120 Å². The normalized spacial score (nSPS) is 18.1. The molecule has 1 saturated carbocycles. The average Bonchev–Trinajstić information content (AvgIpc) is 2.87. The summed E-state index contributed by atoms with van der Waals surface area (Å²) < 4.78 is 32.7. The minimum atomic E-state index is -3.63. The highest BCUT2D eigenvalue weighted by atomic mass is 32.2. The number of benzene rings is 1. The minimum absolute atomic E-state index is 0.165. The number of aryl methyl sites for hydroxylation is 1. The number of ether oxygens (including phenoxy) is 1. The molecule has 0 radical (unpaired) electrons. The molecule has 1 fully saturated rings. The van der Waals surface area contributed by atoms with Gasteiger partial charge in [0.05, 0.1) is 24.2 Å². The molecule has 0 heterocycles. The van der Waals surface area contributed by atoms with E-state index >= 15 is 0 Å². The van der Waals surface area contributed by atoms with Gasteiger partial charge in [-0.3, -0.25) is 0 Å². The fraction of sp³-hybridized carbons (Fsp3) is 0.571. The largest absolute Gasteiger partial charge is 0.496 e. The molecule has 1 aromatic carbocycles. The first-order valence-corrected chi connectivity index (χ1v) is 8.20. The van der Waals surface area contributed by atoms with Crippen molar-refractivity contribution in [3.8, 4) is 5.75 Å². The summed E-state index contributed by atoms with van der Waals surface area (Å²) in [6, 6.07) is 4.75. The van der Waals surface area contributed by atoms with E-state index in [2.05, 4.69) is 4.72 Å². The molecule has 0 aromatic heterocycles. The van der Waals surface area contributed by atoms with Crippen LogP contribution in [0.4, 0.5) is 0 Å². The molecule has 2 N–H and O–H groups in total. The number of hydrogen-bond acceptors (Lipinski definition) is 4. The molecule has 112 valence electrons. The third-order valence-electron chi connectivity index (χ3n) is 3.89. The van der Waals surface area contributed by atoms with Gasteiger partial charge in [-0.1, -0.05) is 12.8 Å². The molecule has 0 amide bonds. The lowest BCUT2D eigenvalue weighted by atomic mass is 10.0. The molecule has 1 aliphatic carbocycles. The number of aliphatic hydroxyl groups excluding tert-OH is 1. The number of nitrogens with one attached hydrogen (secondary N) is 1. The Morgan fingerprint density at radius 3 is 2.50 bits per heavy atom. The van der Waals surface area contributed by atoms with Crippen LogP contribution in [0.15, 0.2) is 23.1 Å². The van der Waals surface area contributed by atoms with Crippen molar-refractivity contribution < 1.29 is 18.3 Å². The zero-order chi connectivity index (χ0) is 14.8. The second-order valence-corrected chi connectivity index (χ2v) is 7.06. The highest BCUT2D eigenvalue weighted by Gasteiger charge is 2.37. The Morgan fingerprint density at radius 1 is 1.35 bits per heavy atom. The van der Waals surface area contributed by atoms with Crippen LogP contribution in [-0.2, 0) is 10.0 Å². The molecule has 0 saturated heterocycles. The molecule has 0 unspecified atom stereocenters. The maximum absolute atomic E-state index is 12.4. The number of sulfonamides is 1. The molecule has 0 bridgehead atoms. The average molecular weight is 299 g/mol. The summed E-state index contributed by atoms with van der Waals surface area (Å²) >= 11 is 0. The Kier molecular flexibility index (Phi) is 4.36. The van der Waals surface area contributed by atoms with Gasteiger partial charge in [0, 0.05) is 0 Å². The molecular formula is C14H21NO4S. The van der Waals surface area contributed by atoms with Crippen LogP contribution in [0.5, 0.6) is 5.75 Å². The van der Waals surface area contributed by atoms with E-state index in [1.807, 2.05) is 0 Å². The maximum Gasteiger partial charge on any atom is 0.241 e. The summed E-state index contributed by atoms with van der Waals surface area (Å²) in [6.07, 6.45) is 3.23. The summed E-state index contributed by atoms with van der Waals surface area (Å²) in [5.74, 6) is 0.654. The lowest BCUT2D eigenvalue weighted by molar-refractivity contribution is 0.185. The van der Waals surface area contributed by atoms with Gasteiger partial charge in [0.15, 0.2) is 0 Å². The first kappa shape index (κ1) is 15.3. The van der Waals surface area contributed by atoms with Crippen LogP contribution in [0, 0.1) is 6.92 Å². The van der Waals surface area contributed by atoms with Gasteiger partial charge in [0.1, 0.15) is 5.75 Å². The van der Waals surface area contributed by atoms with Gasteiger partial charge in [0.2, 0.25) is 10.0 Å². The van der Waals surface area contributed by atoms with Crippen molar-refractivity contribution in [3.63, 3.8) is 0 Å². The molecule has 0 aliphatic heterocycles. The van der Waals surface area contributed by atoms with E-state index < -0.39 is 15.6 Å². The molecule has 2 rings (SSSR count). The summed E-state index contributed by atoms with van der Waals surface area (Å²) in [6.45, 7) is 1.64. The van der Waals surface area contributed by atoms with E-state index in [-0.39, 0.29) is 11.5 Å². The molecular weight excluding hydrogens is 278 g/mol. The van der Waals surface area contributed by atoms with Gasteiger partial charge >= 0.3 is 0 Å². The predicted octanol–water partition coefficient (Wildman–Crippen LogP) is 1.59. The minimum Gasteiger partial charge on any atom is -0.496 e. The summed E-state index contributed by atoms with van der Waals surface area (Å²) in [4.78, 5) is 0.204. The third-order valence-corrected chi connectivity index (χ3v) is 5.47. The second-order valence-electron chi connectivity index (χ2n) is 5.38. The predicted molar refractivity (Wildman–Crippen MR) is 76.3 cm³/mol. The maximum atomic E-state index is 12.4. The fourth-order valence-electron chi connectivity index (χ4n) is 2.71. The van der Waals surface area contributed by atoms with E-state index in [1.54, 1.807) is 26.2 Å². The summed E-state index contributed by atoms with van der Waals surface area (Å²) in [7, 11) is -2.08. The Balaban J connectivity index is 2.28. The molecule has 0 atom stereocenters. The Hall–Kier alpha value is -1.11. The van der Waals surface area contributed by atoms with Crippen molar-refractivity contribution in [1.29, 1.82) is 0 Å². The molecule has 1 aliphatic rings. The van der Waals surface area contributed by atoms with Gasteiger partial charge in [-0.2, -0.15) is 0 Å². The fourth-order valence-corrected chi connectivity index (χ4v) is 4.24. The summed E-state index contributed by atoms with van der Waals surface area (Å²) in [5.41, 5.74) is 0.0620. The van der Waals surface area contributed by atoms with Crippen molar-refractivity contribution >= 4 is 10.0 Å². The lowest BCUT2D eigenvalue weighted by Crippen LogP contribution is -2.49. The van der Waals surface area contributed by atoms with Crippen LogP contribution in [0.2, 0.25) is 0 Å². The first-order valence-electron chi connectivity index (χ1n) is 6.72. The van der Waals surface area contributed by atoms with Crippen molar-refractivity contribution in [2.45, 2.75) is 43.0 Å². The van der Waals surface area contributed by atoms with Crippen LogP contribution in [0.1, 0.15) is 31.2 Å². The van der Waals surface area contributed by atoms with Gasteiger partial charge in [-0.05, 0) is 43.5 Å². The molecule has 0 spiro atoms. The van der Waals surface area contributed by atoms with Gasteiger partial charge in [-0.15, -0.1) is 0 Å². The summed E-state index contributed by atoms with van der Waals surface area (Å²) in [5, 5.41) is 9.52. The van der Waals surface area contributed by atoms with Crippen LogP contribution < -0.4 is 9.46 Å². The molecule has 20 heavy (non-hydrogen) atoms. The topological polar surface area (TPSA) is 75.6 Å². The highest BCUT2D eigenvalue weighted by Crippen LogP contribution is 2.31. The quantitative estimate of drug-likeness (QED) is 0.865. The van der Waals surface area contributed by atoms with Gasteiger partial charge in [0.25, 0.3) is 0 Å². The van der Waals surface area contributed by atoms with Crippen LogP contribution in [0.25, 0.3) is 0 Å². The zero-order valence-electron chi connectivity index (χ0n) is 11.8. The van der Waals surface area contributed by atoms with E-state index in [9.17, 15) is 13.5 Å². The van der Waals surface area contributed by atoms with Gasteiger partial charge < -0.3 is 9.84 Å². The van der Waals surface area contributed by atoms with Crippen LogP contribution in [0.3, 0.4) is 0 Å². The molecule has 6 heteroatoms. The molecule has 5 nitrogen and oxygen atoms in total. The smallest absolute Gasteiger partial charge is 0.241 e. The zero-order valence-corrected chi connectivity index (χ0v) is 12.7. The second kappa shape index (κ2) is 5.71. The van der Waals surface area contributed by atoms with E-state index in [1.165, 1.54) is 6.07 Å². The van der Waals surface area contributed by atoms with E-state index in [4.69, 9.17) is 4.74 Å². The standard InChI is InChI=1S/C14H21NO4S/c1-11-9-12(5-6-13(11)19-2)20(17,18)15-14(10-16)7-3-4-8-14/h5-6,9,15-16H,3-4,7-8,10H2,1-2H3. The van der Waals surface area contributed by atoms with Crippen molar-refractivity contribution in [1.82, 2.24) is 4.72 Å². The lowest BCUT2D eigenvalue weighted by Gasteiger charge is -2.27. The SMILES string of the molecule is COc1ccc(S(=O)(=O)NC2(CO)CCCC2)cc1C. The van der Waals surface area contributed by atoms with E-state index in [0.29, 0.717) is 18.6 Å². The first-order chi connectivity index (χ1) is 9.42. The van der Waals surface area contributed by atoms with Gasteiger partial charge in [-0.25, -0.2) is 13.1 Å². The number of methoxy groups -OCH3 is 1. The third kappa shape index (κ3) is 2.97. The molecule has 1 aromatic rings. The Morgan fingerprint density at radius 2 is 2.00 bits per heavy atom. The van der Waals surface area contributed by atoms with Crippen molar-refractivity contribution in [2.24, 2.45) is 0 Å². The van der Waals surface area contributed by atoms with Crippen LogP contribution in [-0.4, -0.2) is 32.8 Å². The van der Waals surface area contributed by atoms with E-state index in [0.717, 1.165) is 18.4 Å². The number of aliphatic hydroxyl groups is 1. The number of rotatable bonds is 5. The monoisotopic (exact) mass is 299 g/mol. The van der Waals surface area contributed by atoms with Crippen LogP contribution >= 0.6 is 0 Å². The highest BCUT2D eigenvalue weighted by molar-refractivity contribution is 7.89.